The minimum atomic E-state index is 0.366. The fourth-order valence-electron chi connectivity index (χ4n) is 2.64. The Morgan fingerprint density at radius 3 is 2.88 bits per heavy atom. The van der Waals surface area contributed by atoms with E-state index in [2.05, 4.69) is 19.9 Å². The predicted molar refractivity (Wildman–Crippen MR) is 74.0 cm³/mol. The Labute approximate surface area is 108 Å². The van der Waals surface area contributed by atoms with Crippen molar-refractivity contribution in [1.82, 2.24) is 0 Å². The zero-order valence-electron chi connectivity index (χ0n) is 10.9. The van der Waals surface area contributed by atoms with Crippen molar-refractivity contribution in [3.05, 3.63) is 21.4 Å². The van der Waals surface area contributed by atoms with E-state index in [4.69, 9.17) is 0 Å². The standard InChI is InChI=1S/C15H22OS/c1-3-6-11(2)9-13(16)15-10-12-7-4-5-8-14(12)17-15/h10-11H,3-9H2,1-2H3. The third-order valence-corrected chi connectivity index (χ3v) is 4.86. The molecule has 0 aliphatic heterocycles. The summed E-state index contributed by atoms with van der Waals surface area (Å²) < 4.78 is 0. The number of hydrogen-bond donors (Lipinski definition) is 0. The smallest absolute Gasteiger partial charge is 0.173 e. The highest BCUT2D eigenvalue weighted by Gasteiger charge is 2.18. The van der Waals surface area contributed by atoms with Crippen molar-refractivity contribution in [1.29, 1.82) is 0 Å². The first-order valence-corrected chi connectivity index (χ1v) is 7.67. The Balaban J connectivity index is 2.01. The number of hydrogen-bond acceptors (Lipinski definition) is 2. The topological polar surface area (TPSA) is 17.1 Å². The van der Waals surface area contributed by atoms with E-state index < -0.39 is 0 Å². The summed E-state index contributed by atoms with van der Waals surface area (Å²) in [4.78, 5) is 14.6. The quantitative estimate of drug-likeness (QED) is 0.696. The van der Waals surface area contributed by atoms with Crippen molar-refractivity contribution in [2.24, 2.45) is 5.92 Å². The fraction of sp³-hybridized carbons (Fsp3) is 0.667. The summed E-state index contributed by atoms with van der Waals surface area (Å²) in [6, 6.07) is 2.17. The maximum Gasteiger partial charge on any atom is 0.173 e. The van der Waals surface area contributed by atoms with Crippen LogP contribution in [0.25, 0.3) is 0 Å². The molecule has 1 heterocycles. The molecule has 1 aromatic heterocycles. The average molecular weight is 250 g/mol. The van der Waals surface area contributed by atoms with E-state index in [9.17, 15) is 4.79 Å². The molecule has 1 unspecified atom stereocenters. The minimum absolute atomic E-state index is 0.366. The van der Waals surface area contributed by atoms with Crippen LogP contribution in [0, 0.1) is 5.92 Å². The highest BCUT2D eigenvalue weighted by atomic mass is 32.1. The highest BCUT2D eigenvalue weighted by Crippen LogP contribution is 2.31. The molecule has 0 bridgehead atoms. The molecule has 0 radical (unpaired) electrons. The van der Waals surface area contributed by atoms with Crippen LogP contribution in [0.2, 0.25) is 0 Å². The number of fused-ring (bicyclic) bond motifs is 1. The number of rotatable bonds is 5. The van der Waals surface area contributed by atoms with Gasteiger partial charge in [0.15, 0.2) is 5.78 Å². The van der Waals surface area contributed by atoms with Gasteiger partial charge in [-0.15, -0.1) is 11.3 Å². The van der Waals surface area contributed by atoms with Gasteiger partial charge in [0, 0.05) is 11.3 Å². The Bertz CT molecular complexity index is 368. The summed E-state index contributed by atoms with van der Waals surface area (Å²) in [7, 11) is 0. The van der Waals surface area contributed by atoms with E-state index in [1.807, 2.05) is 0 Å². The SMILES string of the molecule is CCCC(C)CC(=O)c1cc2c(s1)CCCC2. The number of aryl methyl sites for hydroxylation is 2. The molecule has 0 aromatic carbocycles. The van der Waals surface area contributed by atoms with Crippen LogP contribution >= 0.6 is 11.3 Å². The van der Waals surface area contributed by atoms with Crippen molar-refractivity contribution in [2.45, 2.75) is 58.8 Å². The first kappa shape index (κ1) is 12.8. The zero-order chi connectivity index (χ0) is 12.3. The van der Waals surface area contributed by atoms with Gasteiger partial charge in [0.25, 0.3) is 0 Å². The first-order chi connectivity index (χ1) is 8.20. The molecule has 1 atom stereocenters. The molecule has 17 heavy (non-hydrogen) atoms. The van der Waals surface area contributed by atoms with Gasteiger partial charge in [-0.3, -0.25) is 4.79 Å². The zero-order valence-corrected chi connectivity index (χ0v) is 11.7. The van der Waals surface area contributed by atoms with Gasteiger partial charge in [-0.25, -0.2) is 0 Å². The molecular weight excluding hydrogens is 228 g/mol. The second-order valence-electron chi connectivity index (χ2n) is 5.29. The van der Waals surface area contributed by atoms with Gasteiger partial charge in [-0.1, -0.05) is 26.7 Å². The van der Waals surface area contributed by atoms with Gasteiger partial charge in [0.1, 0.15) is 0 Å². The van der Waals surface area contributed by atoms with Crippen molar-refractivity contribution >= 4 is 17.1 Å². The van der Waals surface area contributed by atoms with E-state index in [0.29, 0.717) is 11.7 Å². The van der Waals surface area contributed by atoms with Gasteiger partial charge in [-0.05, 0) is 43.2 Å². The summed E-state index contributed by atoms with van der Waals surface area (Å²) in [5.74, 6) is 0.900. The number of carbonyl (C=O) groups excluding carboxylic acids is 1. The first-order valence-electron chi connectivity index (χ1n) is 6.85. The minimum Gasteiger partial charge on any atom is -0.293 e. The lowest BCUT2D eigenvalue weighted by molar-refractivity contribution is 0.0966. The molecule has 2 rings (SSSR count). The largest absolute Gasteiger partial charge is 0.293 e. The molecule has 0 amide bonds. The normalized spacial score (nSPS) is 16.6. The molecule has 94 valence electrons. The van der Waals surface area contributed by atoms with E-state index >= 15 is 0 Å². The highest BCUT2D eigenvalue weighted by molar-refractivity contribution is 7.14. The van der Waals surface area contributed by atoms with Gasteiger partial charge in [-0.2, -0.15) is 0 Å². The van der Waals surface area contributed by atoms with E-state index in [-0.39, 0.29) is 0 Å². The predicted octanol–water partition coefficient (Wildman–Crippen LogP) is 4.64. The van der Waals surface area contributed by atoms with E-state index in [1.165, 1.54) is 42.5 Å². The van der Waals surface area contributed by atoms with Crippen LogP contribution < -0.4 is 0 Å². The van der Waals surface area contributed by atoms with Crippen LogP contribution in [0.1, 0.15) is 66.1 Å². The molecule has 0 spiro atoms. The molecule has 2 heteroatoms. The van der Waals surface area contributed by atoms with Crippen LogP contribution in [0.4, 0.5) is 0 Å². The number of carbonyl (C=O) groups is 1. The molecule has 0 N–H and O–H groups in total. The lowest BCUT2D eigenvalue weighted by Crippen LogP contribution is -2.04. The number of Topliss-reactive ketones (excluding diaryl/α,β-unsaturated/α-hetero) is 1. The van der Waals surface area contributed by atoms with Crippen molar-refractivity contribution in [3.8, 4) is 0 Å². The van der Waals surface area contributed by atoms with Crippen molar-refractivity contribution in [2.75, 3.05) is 0 Å². The van der Waals surface area contributed by atoms with Gasteiger partial charge < -0.3 is 0 Å². The molecular formula is C15H22OS. The summed E-state index contributed by atoms with van der Waals surface area (Å²) in [6.07, 6.45) is 8.04. The van der Waals surface area contributed by atoms with Crippen molar-refractivity contribution < 1.29 is 4.79 Å². The second kappa shape index (κ2) is 5.81. The Hall–Kier alpha value is -0.630. The van der Waals surface area contributed by atoms with Crippen LogP contribution in [-0.2, 0) is 12.8 Å². The molecule has 0 fully saturated rings. The Kier molecular flexibility index (Phi) is 4.38. The maximum atomic E-state index is 12.2. The summed E-state index contributed by atoms with van der Waals surface area (Å²) in [5, 5.41) is 0. The monoisotopic (exact) mass is 250 g/mol. The third-order valence-electron chi connectivity index (χ3n) is 3.59. The molecule has 1 aromatic rings. The summed E-state index contributed by atoms with van der Waals surface area (Å²) in [5.41, 5.74) is 1.45. The van der Waals surface area contributed by atoms with E-state index in [0.717, 1.165) is 17.7 Å². The number of ketones is 1. The van der Waals surface area contributed by atoms with E-state index in [1.54, 1.807) is 11.3 Å². The van der Waals surface area contributed by atoms with Crippen LogP contribution in [-0.4, -0.2) is 5.78 Å². The second-order valence-corrected chi connectivity index (χ2v) is 6.42. The summed E-state index contributed by atoms with van der Waals surface area (Å²) >= 11 is 1.75. The molecule has 0 saturated heterocycles. The lowest BCUT2D eigenvalue weighted by atomic mass is 9.97. The molecule has 1 nitrogen and oxygen atoms in total. The Morgan fingerprint density at radius 1 is 1.41 bits per heavy atom. The van der Waals surface area contributed by atoms with Gasteiger partial charge >= 0.3 is 0 Å². The number of thiophene rings is 1. The molecule has 1 aliphatic rings. The third kappa shape index (κ3) is 3.19. The fourth-order valence-corrected chi connectivity index (χ4v) is 3.84. The van der Waals surface area contributed by atoms with Crippen LogP contribution in [0.15, 0.2) is 6.07 Å². The van der Waals surface area contributed by atoms with Crippen LogP contribution in [0.3, 0.4) is 0 Å². The maximum absolute atomic E-state index is 12.2. The van der Waals surface area contributed by atoms with Crippen molar-refractivity contribution in [3.63, 3.8) is 0 Å². The lowest BCUT2D eigenvalue weighted by Gasteiger charge is -2.08. The van der Waals surface area contributed by atoms with Gasteiger partial charge in [0.05, 0.1) is 4.88 Å². The average Bonchev–Trinajstić information content (AvgIpc) is 2.72. The van der Waals surface area contributed by atoms with Crippen LogP contribution in [0.5, 0.6) is 0 Å². The molecule has 1 aliphatic carbocycles. The molecule has 0 saturated carbocycles. The van der Waals surface area contributed by atoms with Gasteiger partial charge in [0.2, 0.25) is 0 Å². The Morgan fingerprint density at radius 2 is 2.18 bits per heavy atom. The summed E-state index contributed by atoms with van der Waals surface area (Å²) in [6.45, 7) is 4.37.